The van der Waals surface area contributed by atoms with E-state index in [4.69, 9.17) is 11.6 Å². The molecule has 1 aliphatic carbocycles. The van der Waals surface area contributed by atoms with Crippen LogP contribution in [0, 0.1) is 0 Å². The molecule has 110 valence electrons. The summed E-state index contributed by atoms with van der Waals surface area (Å²) in [5.74, 6) is 0. The monoisotopic (exact) mass is 310 g/mol. The first-order valence-electron chi connectivity index (χ1n) is 7.39. The fourth-order valence-electron chi connectivity index (χ4n) is 2.98. The van der Waals surface area contributed by atoms with Crippen molar-refractivity contribution in [3.63, 3.8) is 0 Å². The smallest absolute Gasteiger partial charge is 0.182 e. The van der Waals surface area contributed by atoms with Gasteiger partial charge < -0.3 is 0 Å². The minimum absolute atomic E-state index is 0.658. The number of benzene rings is 1. The average molecular weight is 311 g/mol. The minimum Gasteiger partial charge on any atom is -0.248 e. The molecule has 3 aromatic rings. The molecule has 22 heavy (non-hydrogen) atoms. The van der Waals surface area contributed by atoms with Gasteiger partial charge in [0.25, 0.3) is 0 Å². The Balaban J connectivity index is 2.00. The summed E-state index contributed by atoms with van der Waals surface area (Å²) in [7, 11) is 1.87. The van der Waals surface area contributed by atoms with E-state index in [1.807, 2.05) is 37.4 Å². The Hall–Kier alpha value is -2.20. The summed E-state index contributed by atoms with van der Waals surface area (Å²) in [5, 5.41) is 14.8. The van der Waals surface area contributed by atoms with Crippen molar-refractivity contribution in [2.45, 2.75) is 19.3 Å². The predicted molar refractivity (Wildman–Crippen MR) is 88.6 cm³/mol. The zero-order valence-corrected chi connectivity index (χ0v) is 13.0. The van der Waals surface area contributed by atoms with Crippen LogP contribution < -0.4 is 0 Å². The van der Waals surface area contributed by atoms with Crippen molar-refractivity contribution in [3.05, 3.63) is 47.1 Å². The molecule has 0 unspecified atom stereocenters. The van der Waals surface area contributed by atoms with Gasteiger partial charge in [0.1, 0.15) is 11.4 Å². The number of hydrogen-bond acceptors (Lipinski definition) is 3. The molecule has 0 radical (unpaired) electrons. The second-order valence-electron chi connectivity index (χ2n) is 5.52. The molecule has 0 fully saturated rings. The summed E-state index contributed by atoms with van der Waals surface area (Å²) in [4.78, 5) is 0. The molecule has 0 N–H and O–H groups in total. The van der Waals surface area contributed by atoms with Crippen molar-refractivity contribution < 1.29 is 0 Å². The Morgan fingerprint density at radius 1 is 1.09 bits per heavy atom. The number of allylic oxidation sites excluding steroid dienone is 2. The van der Waals surface area contributed by atoms with Crippen molar-refractivity contribution in [3.8, 4) is 11.3 Å². The first-order valence-corrected chi connectivity index (χ1v) is 7.77. The van der Waals surface area contributed by atoms with Gasteiger partial charge in [0.15, 0.2) is 5.65 Å². The number of rotatable bonds is 2. The highest BCUT2D eigenvalue weighted by Gasteiger charge is 2.21. The maximum atomic E-state index is 6.69. The molecular formula is C17H15ClN4. The van der Waals surface area contributed by atoms with E-state index >= 15 is 0 Å². The van der Waals surface area contributed by atoms with Gasteiger partial charge in [0.2, 0.25) is 0 Å². The Bertz CT molecular complexity index is 881. The fraction of sp³-hybridized carbons (Fsp3) is 0.235. The van der Waals surface area contributed by atoms with Crippen LogP contribution in [0.5, 0.6) is 0 Å². The third-order valence-corrected chi connectivity index (χ3v) is 4.45. The highest BCUT2D eigenvalue weighted by Crippen LogP contribution is 2.37. The standard InChI is InChI=1S/C17H15ClN4/c1-22-17-13(15(21-22)11-7-3-2-4-8-11)14(18)16(19-20-17)12-9-5-6-10-12/h2-4,7-9H,5-6,10H2,1H3. The van der Waals surface area contributed by atoms with E-state index < -0.39 is 0 Å². The van der Waals surface area contributed by atoms with Gasteiger partial charge in [-0.2, -0.15) is 5.10 Å². The fourth-order valence-corrected chi connectivity index (χ4v) is 3.31. The van der Waals surface area contributed by atoms with Gasteiger partial charge in [-0.25, -0.2) is 4.68 Å². The molecule has 4 nitrogen and oxygen atoms in total. The molecule has 1 aromatic carbocycles. The Kier molecular flexibility index (Phi) is 3.19. The van der Waals surface area contributed by atoms with Crippen molar-refractivity contribution in [2.24, 2.45) is 7.05 Å². The largest absolute Gasteiger partial charge is 0.248 e. The van der Waals surface area contributed by atoms with E-state index in [2.05, 4.69) is 21.4 Å². The van der Waals surface area contributed by atoms with Crippen molar-refractivity contribution in [1.82, 2.24) is 20.0 Å². The average Bonchev–Trinajstić information content (AvgIpc) is 3.17. The van der Waals surface area contributed by atoms with E-state index in [0.29, 0.717) is 10.7 Å². The maximum Gasteiger partial charge on any atom is 0.182 e. The summed E-state index contributed by atoms with van der Waals surface area (Å²) < 4.78 is 1.74. The van der Waals surface area contributed by atoms with Gasteiger partial charge in [-0.15, -0.1) is 10.2 Å². The zero-order chi connectivity index (χ0) is 15.1. The van der Waals surface area contributed by atoms with Crippen LogP contribution in [0.25, 0.3) is 27.9 Å². The second-order valence-corrected chi connectivity index (χ2v) is 5.90. The highest BCUT2D eigenvalue weighted by atomic mass is 35.5. The van der Waals surface area contributed by atoms with E-state index in [1.54, 1.807) is 4.68 Å². The SMILES string of the molecule is Cn1nc(-c2ccccc2)c2c(Cl)c(C3=CCCC3)nnc21. The zero-order valence-electron chi connectivity index (χ0n) is 12.3. The molecule has 1 aliphatic rings. The van der Waals surface area contributed by atoms with E-state index in [0.717, 1.165) is 41.6 Å². The molecule has 2 aromatic heterocycles. The van der Waals surface area contributed by atoms with Gasteiger partial charge in [-0.05, 0) is 24.8 Å². The molecule has 4 rings (SSSR count). The van der Waals surface area contributed by atoms with Crippen molar-refractivity contribution >= 4 is 28.2 Å². The molecule has 0 aliphatic heterocycles. The molecule has 0 spiro atoms. The van der Waals surface area contributed by atoms with Crippen LogP contribution in [0.3, 0.4) is 0 Å². The molecule has 0 amide bonds. The highest BCUT2D eigenvalue weighted by molar-refractivity contribution is 6.37. The minimum atomic E-state index is 0.658. The molecule has 0 saturated heterocycles. The lowest BCUT2D eigenvalue weighted by atomic mass is 10.1. The molecule has 5 heteroatoms. The van der Waals surface area contributed by atoms with Gasteiger partial charge in [0, 0.05) is 12.6 Å². The normalized spacial score (nSPS) is 14.5. The second kappa shape index (κ2) is 5.21. The summed E-state index contributed by atoms with van der Waals surface area (Å²) in [6, 6.07) is 10.1. The van der Waals surface area contributed by atoms with E-state index in [9.17, 15) is 0 Å². The molecule has 2 heterocycles. The molecule has 0 bridgehead atoms. The maximum absolute atomic E-state index is 6.69. The Labute approximate surface area is 133 Å². The lowest BCUT2D eigenvalue weighted by Gasteiger charge is -2.05. The Morgan fingerprint density at radius 3 is 2.64 bits per heavy atom. The van der Waals surface area contributed by atoms with Gasteiger partial charge in [-0.3, -0.25) is 0 Å². The van der Waals surface area contributed by atoms with Crippen LogP contribution >= 0.6 is 11.6 Å². The third-order valence-electron chi connectivity index (χ3n) is 4.08. The lowest BCUT2D eigenvalue weighted by molar-refractivity contribution is 0.779. The first-order chi connectivity index (χ1) is 10.8. The number of hydrogen-bond donors (Lipinski definition) is 0. The van der Waals surface area contributed by atoms with Gasteiger partial charge >= 0.3 is 0 Å². The number of nitrogens with zero attached hydrogens (tertiary/aromatic N) is 4. The van der Waals surface area contributed by atoms with Crippen molar-refractivity contribution in [1.29, 1.82) is 0 Å². The topological polar surface area (TPSA) is 43.6 Å². The van der Waals surface area contributed by atoms with Crippen LogP contribution in [0.1, 0.15) is 25.0 Å². The van der Waals surface area contributed by atoms with Gasteiger partial charge in [0.05, 0.1) is 10.4 Å². The van der Waals surface area contributed by atoms with E-state index in [1.165, 1.54) is 5.57 Å². The predicted octanol–water partition coefficient (Wildman–Crippen LogP) is 4.25. The van der Waals surface area contributed by atoms with Gasteiger partial charge in [-0.1, -0.05) is 48.0 Å². The van der Waals surface area contributed by atoms with Crippen LogP contribution in [0.15, 0.2) is 36.4 Å². The summed E-state index contributed by atoms with van der Waals surface area (Å²) >= 11 is 6.69. The number of fused-ring (bicyclic) bond motifs is 1. The third kappa shape index (κ3) is 2.03. The molecule has 0 saturated carbocycles. The summed E-state index contributed by atoms with van der Waals surface area (Å²) in [5.41, 5.74) is 4.61. The van der Waals surface area contributed by atoms with E-state index in [-0.39, 0.29) is 0 Å². The van der Waals surface area contributed by atoms with Crippen LogP contribution in [-0.4, -0.2) is 20.0 Å². The molecule has 0 atom stereocenters. The lowest BCUT2D eigenvalue weighted by Crippen LogP contribution is -1.97. The first kappa shape index (κ1) is 13.5. The van der Waals surface area contributed by atoms with Crippen molar-refractivity contribution in [2.75, 3.05) is 0 Å². The van der Waals surface area contributed by atoms with Crippen LogP contribution in [0.4, 0.5) is 0 Å². The Morgan fingerprint density at radius 2 is 1.91 bits per heavy atom. The number of aryl methyl sites for hydroxylation is 1. The number of aromatic nitrogens is 4. The summed E-state index contributed by atoms with van der Waals surface area (Å²) in [6.07, 6.45) is 5.47. The van der Waals surface area contributed by atoms with Crippen LogP contribution in [0.2, 0.25) is 5.02 Å². The van der Waals surface area contributed by atoms with Crippen LogP contribution in [-0.2, 0) is 7.05 Å². The number of halogens is 1. The quantitative estimate of drug-likeness (QED) is 0.710. The summed E-state index contributed by atoms with van der Waals surface area (Å²) in [6.45, 7) is 0. The molecular weight excluding hydrogens is 296 g/mol.